The Morgan fingerprint density at radius 1 is 1.24 bits per heavy atom. The normalized spacial score (nSPS) is 22.8. The molecule has 0 spiro atoms. The molecule has 1 aromatic carbocycles. The maximum atomic E-state index is 12.8. The van der Waals surface area contributed by atoms with Crippen LogP contribution in [0.15, 0.2) is 24.3 Å². The fourth-order valence-corrected chi connectivity index (χ4v) is 4.03. The summed E-state index contributed by atoms with van der Waals surface area (Å²) in [7, 11) is -3.53. The molecule has 1 aliphatic heterocycles. The Morgan fingerprint density at radius 3 is 2.52 bits per heavy atom. The van der Waals surface area contributed by atoms with Crippen LogP contribution in [-0.4, -0.2) is 37.9 Å². The molecule has 1 aliphatic carbocycles. The van der Waals surface area contributed by atoms with Gasteiger partial charge in [0, 0.05) is 25.0 Å². The second-order valence-corrected chi connectivity index (χ2v) is 7.44. The average molecular weight is 312 g/mol. The van der Waals surface area contributed by atoms with Crippen molar-refractivity contribution in [3.8, 4) is 0 Å². The number of hydrogen-bond donors (Lipinski definition) is 1. The second-order valence-electron chi connectivity index (χ2n) is 5.68. The summed E-state index contributed by atoms with van der Waals surface area (Å²) in [5.41, 5.74) is 0.521. The molecule has 1 N–H and O–H groups in total. The summed E-state index contributed by atoms with van der Waals surface area (Å²) < 4.78 is 39.6. The van der Waals surface area contributed by atoms with E-state index in [1.165, 1.54) is 24.3 Å². The molecule has 1 aromatic rings. The average Bonchev–Trinajstić information content (AvgIpc) is 3.17. The van der Waals surface area contributed by atoms with Crippen LogP contribution >= 0.6 is 0 Å². The van der Waals surface area contributed by atoms with Crippen molar-refractivity contribution in [3.05, 3.63) is 35.6 Å². The van der Waals surface area contributed by atoms with Gasteiger partial charge in [0.15, 0.2) is 0 Å². The topological polar surface area (TPSA) is 66.5 Å². The number of nitrogens with zero attached hydrogens (tertiary/aromatic N) is 1. The van der Waals surface area contributed by atoms with Crippen LogP contribution in [0.1, 0.15) is 24.8 Å². The van der Waals surface area contributed by atoms with E-state index in [0.717, 1.165) is 12.8 Å². The molecule has 0 radical (unpaired) electrons. The molecule has 1 saturated heterocycles. The SMILES string of the molecule is O=C1CC(NS(=O)(=O)Cc2ccc(F)cc2)CN1C1CC1. The van der Waals surface area contributed by atoms with Crippen LogP contribution < -0.4 is 4.72 Å². The summed E-state index contributed by atoms with van der Waals surface area (Å²) in [6.07, 6.45) is 2.25. The van der Waals surface area contributed by atoms with Crippen LogP contribution in [-0.2, 0) is 20.6 Å². The van der Waals surface area contributed by atoms with Gasteiger partial charge >= 0.3 is 0 Å². The van der Waals surface area contributed by atoms with Crippen LogP contribution in [0, 0.1) is 5.82 Å². The zero-order chi connectivity index (χ0) is 15.0. The molecule has 21 heavy (non-hydrogen) atoms. The van der Waals surface area contributed by atoms with Gasteiger partial charge in [-0.2, -0.15) is 0 Å². The van der Waals surface area contributed by atoms with E-state index in [1.54, 1.807) is 4.90 Å². The fourth-order valence-electron chi connectivity index (χ4n) is 2.65. The van der Waals surface area contributed by atoms with Crippen molar-refractivity contribution in [2.75, 3.05) is 6.54 Å². The van der Waals surface area contributed by atoms with Crippen LogP contribution in [0.5, 0.6) is 0 Å². The molecule has 0 aromatic heterocycles. The van der Waals surface area contributed by atoms with E-state index >= 15 is 0 Å². The van der Waals surface area contributed by atoms with E-state index in [0.29, 0.717) is 18.2 Å². The first-order chi connectivity index (χ1) is 9.93. The van der Waals surface area contributed by atoms with Gasteiger partial charge in [0.2, 0.25) is 15.9 Å². The zero-order valence-corrected chi connectivity index (χ0v) is 12.3. The summed E-state index contributed by atoms with van der Waals surface area (Å²) in [5.74, 6) is -0.584. The monoisotopic (exact) mass is 312 g/mol. The van der Waals surface area contributed by atoms with Crippen molar-refractivity contribution in [3.63, 3.8) is 0 Å². The van der Waals surface area contributed by atoms with Crippen LogP contribution in [0.4, 0.5) is 4.39 Å². The lowest BCUT2D eigenvalue weighted by atomic mass is 10.2. The van der Waals surface area contributed by atoms with Crippen LogP contribution in [0.2, 0.25) is 0 Å². The highest BCUT2D eigenvalue weighted by molar-refractivity contribution is 7.88. The molecule has 1 unspecified atom stereocenters. The van der Waals surface area contributed by atoms with E-state index in [9.17, 15) is 17.6 Å². The van der Waals surface area contributed by atoms with E-state index in [1.807, 2.05) is 0 Å². The number of nitrogens with one attached hydrogen (secondary N) is 1. The Bertz CT molecular complexity index is 641. The zero-order valence-electron chi connectivity index (χ0n) is 11.5. The quantitative estimate of drug-likeness (QED) is 0.882. The standard InChI is InChI=1S/C14H17FN2O3S/c15-11-3-1-10(2-4-11)9-21(19,20)16-12-7-14(18)17(8-12)13-5-6-13/h1-4,12-13,16H,5-9H2. The van der Waals surface area contributed by atoms with Gasteiger partial charge < -0.3 is 4.90 Å². The molecule has 3 rings (SSSR count). The van der Waals surface area contributed by atoms with Gasteiger partial charge in [0.05, 0.1) is 5.75 Å². The number of benzene rings is 1. The third-order valence-electron chi connectivity index (χ3n) is 3.76. The smallest absolute Gasteiger partial charge is 0.224 e. The van der Waals surface area contributed by atoms with Crippen LogP contribution in [0.25, 0.3) is 0 Å². The predicted octanol–water partition coefficient (Wildman–Crippen LogP) is 1.01. The molecule has 1 atom stereocenters. The summed E-state index contributed by atoms with van der Waals surface area (Å²) in [6.45, 7) is 0.451. The molecule has 1 saturated carbocycles. The van der Waals surface area contributed by atoms with Crippen molar-refractivity contribution < 1.29 is 17.6 Å². The third kappa shape index (κ3) is 3.59. The highest BCUT2D eigenvalue weighted by Crippen LogP contribution is 2.30. The van der Waals surface area contributed by atoms with E-state index in [4.69, 9.17) is 0 Å². The van der Waals surface area contributed by atoms with Gasteiger partial charge in [0.1, 0.15) is 5.82 Å². The van der Waals surface area contributed by atoms with Crippen molar-refractivity contribution in [1.82, 2.24) is 9.62 Å². The molecular formula is C14H17FN2O3S. The number of sulfonamides is 1. The molecule has 0 bridgehead atoms. The Kier molecular flexibility index (Phi) is 3.71. The van der Waals surface area contributed by atoms with E-state index in [2.05, 4.69) is 4.72 Å². The Labute approximate surface area is 123 Å². The number of rotatable bonds is 5. The lowest BCUT2D eigenvalue weighted by molar-refractivity contribution is -0.128. The van der Waals surface area contributed by atoms with Crippen molar-refractivity contribution in [1.29, 1.82) is 0 Å². The van der Waals surface area contributed by atoms with Gasteiger partial charge in [-0.15, -0.1) is 0 Å². The van der Waals surface area contributed by atoms with Gasteiger partial charge in [-0.3, -0.25) is 4.79 Å². The number of carbonyl (C=O) groups excluding carboxylic acids is 1. The molecular weight excluding hydrogens is 295 g/mol. The highest BCUT2D eigenvalue weighted by Gasteiger charge is 2.40. The summed E-state index contributed by atoms with van der Waals surface area (Å²) >= 11 is 0. The van der Waals surface area contributed by atoms with E-state index < -0.39 is 15.8 Å². The number of halogens is 1. The minimum atomic E-state index is -3.53. The van der Waals surface area contributed by atoms with Crippen molar-refractivity contribution in [2.24, 2.45) is 0 Å². The second kappa shape index (κ2) is 5.38. The molecule has 2 aliphatic rings. The first kappa shape index (κ1) is 14.5. The van der Waals surface area contributed by atoms with Gasteiger partial charge in [-0.05, 0) is 30.5 Å². The van der Waals surface area contributed by atoms with Gasteiger partial charge in [-0.25, -0.2) is 17.5 Å². The Balaban J connectivity index is 1.61. The molecule has 1 heterocycles. The van der Waals surface area contributed by atoms with Gasteiger partial charge in [0.25, 0.3) is 0 Å². The lowest BCUT2D eigenvalue weighted by Gasteiger charge is -2.16. The maximum absolute atomic E-state index is 12.8. The Morgan fingerprint density at radius 2 is 1.90 bits per heavy atom. The number of amides is 1. The minimum Gasteiger partial charge on any atom is -0.338 e. The summed E-state index contributed by atoms with van der Waals surface area (Å²) in [5, 5.41) is 0. The first-order valence-electron chi connectivity index (χ1n) is 6.97. The molecule has 2 fully saturated rings. The predicted molar refractivity (Wildman–Crippen MR) is 75.3 cm³/mol. The number of carbonyl (C=O) groups is 1. The molecule has 114 valence electrons. The summed E-state index contributed by atoms with van der Waals surface area (Å²) in [4.78, 5) is 13.6. The number of hydrogen-bond acceptors (Lipinski definition) is 3. The van der Waals surface area contributed by atoms with Gasteiger partial charge in [-0.1, -0.05) is 12.1 Å². The Hall–Kier alpha value is -1.47. The molecule has 5 nitrogen and oxygen atoms in total. The molecule has 1 amide bonds. The minimum absolute atomic E-state index is 0.0204. The van der Waals surface area contributed by atoms with Crippen molar-refractivity contribution >= 4 is 15.9 Å². The summed E-state index contributed by atoms with van der Waals surface area (Å²) in [6, 6.07) is 5.32. The lowest BCUT2D eigenvalue weighted by Crippen LogP contribution is -2.38. The fraction of sp³-hybridized carbons (Fsp3) is 0.500. The maximum Gasteiger partial charge on any atom is 0.224 e. The highest BCUT2D eigenvalue weighted by atomic mass is 32.2. The van der Waals surface area contributed by atoms with Crippen LogP contribution in [0.3, 0.4) is 0 Å². The van der Waals surface area contributed by atoms with E-state index in [-0.39, 0.29) is 24.1 Å². The van der Waals surface area contributed by atoms with Crippen molar-refractivity contribution in [2.45, 2.75) is 37.1 Å². The molecule has 7 heteroatoms. The third-order valence-corrected chi connectivity index (χ3v) is 5.17. The first-order valence-corrected chi connectivity index (χ1v) is 8.62. The largest absolute Gasteiger partial charge is 0.338 e. The number of likely N-dealkylation sites (tertiary alicyclic amines) is 1.